The van der Waals surface area contributed by atoms with Crippen molar-refractivity contribution in [2.75, 3.05) is 0 Å². The van der Waals surface area contributed by atoms with Crippen molar-refractivity contribution in [2.45, 2.75) is 24.7 Å². The van der Waals surface area contributed by atoms with Crippen molar-refractivity contribution in [3.05, 3.63) is 247 Å². The minimum absolute atomic E-state index is 0.0103. The van der Waals surface area contributed by atoms with Crippen molar-refractivity contribution in [3.8, 4) is 95.7 Å². The van der Waals surface area contributed by atoms with E-state index in [1.807, 2.05) is 133 Å². The van der Waals surface area contributed by atoms with Crippen LogP contribution in [0.3, 0.4) is 0 Å². The summed E-state index contributed by atoms with van der Waals surface area (Å²) in [6.45, 7) is 0. The molecule has 0 radical (unpaired) electrons. The minimum Gasteiger partial charge on any atom is -0.309 e. The molecule has 0 aliphatic heterocycles. The molecule has 17 heteroatoms. The fourth-order valence-electron chi connectivity index (χ4n) is 10.3. The van der Waals surface area contributed by atoms with E-state index < -0.39 is 58.1 Å². The Morgan fingerprint density at radius 2 is 0.627 bits per heavy atom. The highest BCUT2D eigenvalue weighted by Gasteiger charge is 2.40. The lowest BCUT2D eigenvalue weighted by molar-refractivity contribution is -0.144. The topological polar surface area (TPSA) is 56.5 Å². The number of alkyl halides is 12. The zero-order chi connectivity index (χ0) is 58.0. The molecular formula is C66H37F12N5. The van der Waals surface area contributed by atoms with Crippen LogP contribution in [-0.4, -0.2) is 24.5 Å². The Hall–Kier alpha value is -9.90. The lowest BCUT2D eigenvalue weighted by atomic mass is 9.94. The number of hydrogen-bond acceptors (Lipinski definition) is 4. The Morgan fingerprint density at radius 3 is 1.02 bits per heavy atom. The van der Waals surface area contributed by atoms with Crippen LogP contribution in [0.15, 0.2) is 224 Å². The quantitative estimate of drug-likeness (QED) is 0.135. The lowest BCUT2D eigenvalue weighted by Crippen LogP contribution is -2.12. The van der Waals surface area contributed by atoms with Gasteiger partial charge in [0.1, 0.15) is 0 Å². The maximum Gasteiger partial charge on any atom is 0.417 e. The van der Waals surface area contributed by atoms with Crippen molar-refractivity contribution >= 4 is 21.8 Å². The van der Waals surface area contributed by atoms with Gasteiger partial charge in [0.2, 0.25) is 0 Å². The van der Waals surface area contributed by atoms with Crippen LogP contribution in [-0.2, 0) is 24.7 Å². The number of benzene rings is 9. The highest BCUT2D eigenvalue weighted by molar-refractivity contribution is 6.12. The Bertz CT molecular complexity index is 4170. The Labute approximate surface area is 464 Å². The van der Waals surface area contributed by atoms with Gasteiger partial charge in [-0.2, -0.15) is 52.7 Å². The van der Waals surface area contributed by atoms with Crippen molar-refractivity contribution in [1.29, 1.82) is 0 Å². The van der Waals surface area contributed by atoms with Crippen LogP contribution in [0.2, 0.25) is 0 Å². The van der Waals surface area contributed by atoms with Crippen LogP contribution in [0, 0.1) is 0 Å². The summed E-state index contributed by atoms with van der Waals surface area (Å²) in [4.78, 5) is 20.2. The molecule has 0 unspecified atom stereocenters. The monoisotopic (exact) mass is 1130 g/mol. The average molecular weight is 1130 g/mol. The third kappa shape index (κ3) is 10.6. The minimum atomic E-state index is -5.29. The zero-order valence-electron chi connectivity index (χ0n) is 42.6. The zero-order valence-corrected chi connectivity index (χ0v) is 42.6. The van der Waals surface area contributed by atoms with E-state index in [1.54, 1.807) is 22.8 Å². The normalized spacial score (nSPS) is 12.3. The molecule has 0 aliphatic carbocycles. The van der Waals surface area contributed by atoms with E-state index in [2.05, 4.69) is 0 Å². The molecule has 83 heavy (non-hydrogen) atoms. The predicted molar refractivity (Wildman–Crippen MR) is 295 cm³/mol. The second-order valence-electron chi connectivity index (χ2n) is 19.4. The fourth-order valence-corrected chi connectivity index (χ4v) is 10.3. The molecule has 0 saturated carbocycles. The van der Waals surface area contributed by atoms with Gasteiger partial charge in [-0.15, -0.1) is 0 Å². The summed E-state index contributed by atoms with van der Waals surface area (Å²) in [6.07, 6.45) is -20.9. The molecule has 12 rings (SSSR count). The van der Waals surface area contributed by atoms with Gasteiger partial charge in [0, 0.05) is 44.2 Å². The highest BCUT2D eigenvalue weighted by Crippen LogP contribution is 2.47. The molecule has 0 N–H and O–H groups in total. The first-order valence-electron chi connectivity index (χ1n) is 25.5. The van der Waals surface area contributed by atoms with Crippen molar-refractivity contribution in [1.82, 2.24) is 24.5 Å². The number of aromatic nitrogens is 5. The molecule has 9 aromatic carbocycles. The first-order valence-corrected chi connectivity index (χ1v) is 25.5. The number of halogens is 12. The first-order chi connectivity index (χ1) is 39.7. The highest BCUT2D eigenvalue weighted by atomic mass is 19.4. The molecule has 12 aromatic rings. The van der Waals surface area contributed by atoms with E-state index in [-0.39, 0.29) is 45.1 Å². The third-order valence-corrected chi connectivity index (χ3v) is 14.2. The molecule has 0 bridgehead atoms. The van der Waals surface area contributed by atoms with Crippen LogP contribution in [0.25, 0.3) is 118 Å². The van der Waals surface area contributed by atoms with E-state index in [1.165, 1.54) is 36.4 Å². The molecule has 410 valence electrons. The summed E-state index contributed by atoms with van der Waals surface area (Å²) < 4.78 is 175. The standard InChI is InChI=1S/C66H37F12N5/c67-63(68,69)45-24-26-47(52(34-45)65(73,74)75)42-21-28-58-49(31-42)50-32-43(48-27-25-46(64(70,71)72)35-53(48)66(76,77)78)22-29-59(50)83(58)60-30-23-44(56-36-54(38-13-5-1-6-14-38)79-61(81-56)40-17-9-3-10-18-40)33-51(60)57-37-55(39-15-7-2-8-16-39)80-62(82-57)41-19-11-4-12-20-41/h1-37H. The fraction of sp³-hybridized carbons (Fsp3) is 0.0606. The number of rotatable bonds is 9. The SMILES string of the molecule is FC(F)(F)c1ccc(-c2ccc3c(c2)c2cc(-c4ccc(C(F)(F)F)cc4C(F)(F)F)ccc2n3-c2ccc(-c3cc(-c4ccccc4)nc(-c4ccccc4)n3)cc2-c2cc(-c3ccccc3)nc(-c3ccccc3)n2)c(C(F)(F)F)c1. The summed E-state index contributed by atoms with van der Waals surface area (Å²) in [7, 11) is 0. The van der Waals surface area contributed by atoms with E-state index >= 15 is 0 Å². The number of fused-ring (bicyclic) bond motifs is 3. The Kier molecular flexibility index (Phi) is 13.3. The largest absolute Gasteiger partial charge is 0.417 e. The molecule has 0 aliphatic rings. The maximum absolute atomic E-state index is 14.9. The van der Waals surface area contributed by atoms with Gasteiger partial charge in [-0.25, -0.2) is 19.9 Å². The first kappa shape index (κ1) is 53.7. The van der Waals surface area contributed by atoms with Crippen LogP contribution < -0.4 is 0 Å². The number of nitrogens with zero attached hydrogens (tertiary/aromatic N) is 5. The van der Waals surface area contributed by atoms with Gasteiger partial charge in [0.15, 0.2) is 11.6 Å². The van der Waals surface area contributed by atoms with Crippen molar-refractivity contribution in [2.24, 2.45) is 0 Å². The molecule has 3 heterocycles. The van der Waals surface area contributed by atoms with Crippen molar-refractivity contribution < 1.29 is 52.7 Å². The van der Waals surface area contributed by atoms with Crippen molar-refractivity contribution in [3.63, 3.8) is 0 Å². The predicted octanol–water partition coefficient (Wildman–Crippen LogP) is 19.8. The molecule has 0 atom stereocenters. The second kappa shape index (κ2) is 20.6. The van der Waals surface area contributed by atoms with Crippen LogP contribution in [0.1, 0.15) is 22.3 Å². The summed E-state index contributed by atoms with van der Waals surface area (Å²) in [5.41, 5.74) is -1.22. The molecule has 5 nitrogen and oxygen atoms in total. The summed E-state index contributed by atoms with van der Waals surface area (Å²) >= 11 is 0. The van der Waals surface area contributed by atoms with Gasteiger partial charge in [-0.1, -0.05) is 152 Å². The third-order valence-electron chi connectivity index (χ3n) is 14.2. The van der Waals surface area contributed by atoms with E-state index in [0.29, 0.717) is 81.1 Å². The average Bonchev–Trinajstić information content (AvgIpc) is 2.02. The molecular weight excluding hydrogens is 1090 g/mol. The van der Waals surface area contributed by atoms with Gasteiger partial charge in [-0.3, -0.25) is 0 Å². The summed E-state index contributed by atoms with van der Waals surface area (Å²) in [6, 6.07) is 56.8. The molecule has 0 fully saturated rings. The smallest absolute Gasteiger partial charge is 0.309 e. The molecule has 0 spiro atoms. The molecule has 0 saturated heterocycles. The second-order valence-corrected chi connectivity index (χ2v) is 19.4. The van der Waals surface area contributed by atoms with Crippen LogP contribution >= 0.6 is 0 Å². The van der Waals surface area contributed by atoms with Gasteiger partial charge in [-0.05, 0) is 95.1 Å². The lowest BCUT2D eigenvalue weighted by Gasteiger charge is -2.18. The van der Waals surface area contributed by atoms with Gasteiger partial charge < -0.3 is 4.57 Å². The van der Waals surface area contributed by atoms with Crippen LogP contribution in [0.5, 0.6) is 0 Å². The summed E-state index contributed by atoms with van der Waals surface area (Å²) in [5.74, 6) is 0.730. The maximum atomic E-state index is 14.9. The van der Waals surface area contributed by atoms with Gasteiger partial charge in [0.05, 0.1) is 61.8 Å². The molecule has 0 amide bonds. The van der Waals surface area contributed by atoms with E-state index in [4.69, 9.17) is 19.9 Å². The van der Waals surface area contributed by atoms with E-state index in [9.17, 15) is 52.7 Å². The van der Waals surface area contributed by atoms with E-state index in [0.717, 1.165) is 16.7 Å². The van der Waals surface area contributed by atoms with Gasteiger partial charge in [0.25, 0.3) is 0 Å². The van der Waals surface area contributed by atoms with Gasteiger partial charge >= 0.3 is 24.7 Å². The Morgan fingerprint density at radius 1 is 0.265 bits per heavy atom. The molecule has 3 aromatic heterocycles. The van der Waals surface area contributed by atoms with Crippen LogP contribution in [0.4, 0.5) is 52.7 Å². The number of hydrogen-bond donors (Lipinski definition) is 0. The summed E-state index contributed by atoms with van der Waals surface area (Å²) in [5, 5.41) is 0.243. The Balaban J connectivity index is 1.17.